The molecule has 5 heteroatoms. The number of amides is 2. The molecule has 0 heterocycles. The predicted octanol–water partition coefficient (Wildman–Crippen LogP) is 4.52. The first-order chi connectivity index (χ1) is 13.5. The molecule has 0 saturated carbocycles. The second-order valence-electron chi connectivity index (χ2n) is 6.99. The Morgan fingerprint density at radius 3 is 2.36 bits per heavy atom. The Morgan fingerprint density at radius 1 is 1.07 bits per heavy atom. The summed E-state index contributed by atoms with van der Waals surface area (Å²) >= 11 is 6.25. The van der Waals surface area contributed by atoms with Gasteiger partial charge in [-0.3, -0.25) is 9.59 Å². The second kappa shape index (κ2) is 10.9. The lowest BCUT2D eigenvalue weighted by atomic mass is 10.1. The summed E-state index contributed by atoms with van der Waals surface area (Å²) in [7, 11) is 0. The number of carbonyl (C=O) groups excluding carboxylic acids is 2. The summed E-state index contributed by atoms with van der Waals surface area (Å²) in [6.45, 7) is 6.96. The van der Waals surface area contributed by atoms with Crippen LogP contribution in [0.3, 0.4) is 0 Å². The normalized spacial score (nSPS) is 11.7. The zero-order chi connectivity index (χ0) is 20.5. The minimum atomic E-state index is -0.511. The molecule has 2 rings (SSSR count). The molecule has 28 heavy (non-hydrogen) atoms. The summed E-state index contributed by atoms with van der Waals surface area (Å²) in [6, 6.07) is 14.9. The maximum Gasteiger partial charge on any atom is 0.242 e. The second-order valence-corrected chi connectivity index (χ2v) is 7.40. The first kappa shape index (κ1) is 22.0. The Balaban J connectivity index is 2.27. The molecule has 150 valence electrons. The summed E-state index contributed by atoms with van der Waals surface area (Å²) in [4.78, 5) is 27.6. The van der Waals surface area contributed by atoms with Crippen LogP contribution in [0, 0.1) is 6.92 Å². The van der Waals surface area contributed by atoms with E-state index in [1.165, 1.54) is 0 Å². The van der Waals surface area contributed by atoms with Gasteiger partial charge in [0, 0.05) is 18.1 Å². The first-order valence-corrected chi connectivity index (χ1v) is 10.2. The van der Waals surface area contributed by atoms with Crippen molar-refractivity contribution < 1.29 is 9.59 Å². The highest BCUT2D eigenvalue weighted by Gasteiger charge is 2.28. The molecule has 0 saturated heterocycles. The van der Waals surface area contributed by atoms with Gasteiger partial charge in [0.2, 0.25) is 11.8 Å². The van der Waals surface area contributed by atoms with Crippen molar-refractivity contribution in [2.24, 2.45) is 0 Å². The van der Waals surface area contributed by atoms with Gasteiger partial charge in [-0.15, -0.1) is 0 Å². The van der Waals surface area contributed by atoms with E-state index in [2.05, 4.69) is 5.32 Å². The molecule has 2 aromatic carbocycles. The Bertz CT molecular complexity index is 789. The number of benzene rings is 2. The van der Waals surface area contributed by atoms with Gasteiger partial charge in [0.05, 0.1) is 6.42 Å². The van der Waals surface area contributed by atoms with Crippen LogP contribution in [-0.4, -0.2) is 29.3 Å². The average Bonchev–Trinajstić information content (AvgIpc) is 2.69. The molecule has 0 fully saturated rings. The van der Waals surface area contributed by atoms with E-state index < -0.39 is 6.04 Å². The third-order valence-electron chi connectivity index (χ3n) is 4.71. The molecule has 1 unspecified atom stereocenters. The smallest absolute Gasteiger partial charge is 0.242 e. The fraction of sp³-hybridized carbons (Fsp3) is 0.391. The van der Waals surface area contributed by atoms with Gasteiger partial charge in [0.25, 0.3) is 0 Å². The van der Waals surface area contributed by atoms with E-state index in [4.69, 9.17) is 11.6 Å². The van der Waals surface area contributed by atoms with Crippen LogP contribution in [0.5, 0.6) is 0 Å². The zero-order valence-corrected chi connectivity index (χ0v) is 17.6. The number of aryl methyl sites for hydroxylation is 1. The van der Waals surface area contributed by atoms with Crippen molar-refractivity contribution in [1.82, 2.24) is 10.2 Å². The lowest BCUT2D eigenvalue weighted by Crippen LogP contribution is -2.49. The van der Waals surface area contributed by atoms with Gasteiger partial charge in [-0.25, -0.2) is 0 Å². The number of nitrogens with zero attached hydrogens (tertiary/aromatic N) is 1. The quantitative estimate of drug-likeness (QED) is 0.672. The SMILES string of the molecule is CCCNC(=O)C(CC)N(Cc1ccc(C)cc1)C(=O)Cc1ccccc1Cl. The Morgan fingerprint density at radius 2 is 1.75 bits per heavy atom. The molecule has 0 aliphatic rings. The van der Waals surface area contributed by atoms with Crippen LogP contribution in [0.4, 0.5) is 0 Å². The molecule has 0 spiro atoms. The van der Waals surface area contributed by atoms with E-state index in [0.717, 1.165) is 23.1 Å². The Hall–Kier alpha value is -2.33. The number of hydrogen-bond acceptors (Lipinski definition) is 2. The third-order valence-corrected chi connectivity index (χ3v) is 5.08. The summed E-state index contributed by atoms with van der Waals surface area (Å²) in [5.74, 6) is -0.212. The molecule has 2 amide bonds. The maximum atomic E-state index is 13.2. The van der Waals surface area contributed by atoms with Crippen molar-refractivity contribution in [3.05, 3.63) is 70.2 Å². The molecule has 1 atom stereocenters. The van der Waals surface area contributed by atoms with Gasteiger partial charge in [0.1, 0.15) is 6.04 Å². The zero-order valence-electron chi connectivity index (χ0n) is 16.9. The first-order valence-electron chi connectivity index (χ1n) is 9.82. The topological polar surface area (TPSA) is 49.4 Å². The van der Waals surface area contributed by atoms with E-state index >= 15 is 0 Å². The third kappa shape index (κ3) is 6.10. The van der Waals surface area contributed by atoms with Gasteiger partial charge in [-0.2, -0.15) is 0 Å². The van der Waals surface area contributed by atoms with Crippen LogP contribution in [0.15, 0.2) is 48.5 Å². The molecule has 0 aliphatic carbocycles. The number of hydrogen-bond donors (Lipinski definition) is 1. The molecular formula is C23H29ClN2O2. The molecule has 0 aliphatic heterocycles. The maximum absolute atomic E-state index is 13.2. The van der Waals surface area contributed by atoms with E-state index in [1.54, 1.807) is 11.0 Å². The number of nitrogens with one attached hydrogen (secondary N) is 1. The summed E-state index contributed by atoms with van der Waals surface area (Å²) in [5, 5.41) is 3.49. The monoisotopic (exact) mass is 400 g/mol. The van der Waals surface area contributed by atoms with Crippen LogP contribution in [0.2, 0.25) is 5.02 Å². The highest BCUT2D eigenvalue weighted by molar-refractivity contribution is 6.31. The van der Waals surface area contributed by atoms with Crippen LogP contribution < -0.4 is 5.32 Å². The molecule has 1 N–H and O–H groups in total. The van der Waals surface area contributed by atoms with E-state index in [9.17, 15) is 9.59 Å². The van der Waals surface area contributed by atoms with Crippen molar-refractivity contribution in [3.63, 3.8) is 0 Å². The highest BCUT2D eigenvalue weighted by Crippen LogP contribution is 2.19. The number of rotatable bonds is 9. The number of carbonyl (C=O) groups is 2. The fourth-order valence-corrected chi connectivity index (χ4v) is 3.28. The highest BCUT2D eigenvalue weighted by atomic mass is 35.5. The van der Waals surface area contributed by atoms with Crippen LogP contribution in [0.1, 0.15) is 43.4 Å². The van der Waals surface area contributed by atoms with Crippen LogP contribution in [0.25, 0.3) is 0 Å². The largest absolute Gasteiger partial charge is 0.354 e. The lowest BCUT2D eigenvalue weighted by molar-refractivity contribution is -0.140. The summed E-state index contributed by atoms with van der Waals surface area (Å²) in [6.07, 6.45) is 1.58. The van der Waals surface area contributed by atoms with Gasteiger partial charge >= 0.3 is 0 Å². The van der Waals surface area contributed by atoms with Crippen molar-refractivity contribution in [2.45, 2.75) is 52.6 Å². The molecule has 0 aromatic heterocycles. The predicted molar refractivity (Wildman–Crippen MR) is 114 cm³/mol. The van der Waals surface area contributed by atoms with Crippen molar-refractivity contribution >= 4 is 23.4 Å². The fourth-order valence-electron chi connectivity index (χ4n) is 3.08. The minimum Gasteiger partial charge on any atom is -0.354 e. The summed E-state index contributed by atoms with van der Waals surface area (Å²) < 4.78 is 0. The van der Waals surface area contributed by atoms with Gasteiger partial charge < -0.3 is 10.2 Å². The Labute approximate surface area is 172 Å². The molecule has 2 aromatic rings. The number of halogens is 1. The Kier molecular flexibility index (Phi) is 8.52. The molecule has 0 bridgehead atoms. The van der Waals surface area contributed by atoms with E-state index in [0.29, 0.717) is 24.5 Å². The van der Waals surface area contributed by atoms with E-state index in [-0.39, 0.29) is 18.2 Å². The lowest BCUT2D eigenvalue weighted by Gasteiger charge is -2.31. The van der Waals surface area contributed by atoms with E-state index in [1.807, 2.05) is 63.2 Å². The van der Waals surface area contributed by atoms with Gasteiger partial charge in [0.15, 0.2) is 0 Å². The summed E-state index contributed by atoms with van der Waals surface area (Å²) in [5.41, 5.74) is 2.93. The minimum absolute atomic E-state index is 0.104. The van der Waals surface area contributed by atoms with Gasteiger partial charge in [-0.1, -0.05) is 73.5 Å². The molecular weight excluding hydrogens is 372 g/mol. The molecule has 0 radical (unpaired) electrons. The standard InChI is InChI=1S/C23H29ClN2O2/c1-4-14-25-23(28)21(5-2)26(16-18-12-10-17(3)11-13-18)22(27)15-19-8-6-7-9-20(19)24/h6-13,21H,4-5,14-16H2,1-3H3,(H,25,28). The average molecular weight is 401 g/mol. The van der Waals surface area contributed by atoms with Crippen molar-refractivity contribution in [3.8, 4) is 0 Å². The van der Waals surface area contributed by atoms with Crippen LogP contribution in [-0.2, 0) is 22.6 Å². The van der Waals surface area contributed by atoms with Crippen molar-refractivity contribution in [2.75, 3.05) is 6.54 Å². The van der Waals surface area contributed by atoms with Gasteiger partial charge in [-0.05, 0) is 37.0 Å². The van der Waals surface area contributed by atoms with Crippen molar-refractivity contribution in [1.29, 1.82) is 0 Å². The molecule has 4 nitrogen and oxygen atoms in total. The van der Waals surface area contributed by atoms with Crippen LogP contribution >= 0.6 is 11.6 Å².